The first-order valence-electron chi connectivity index (χ1n) is 10.2. The van der Waals surface area contributed by atoms with Crippen LogP contribution in [0.15, 0.2) is 54.7 Å². The Kier molecular flexibility index (Phi) is 5.74. The average Bonchev–Trinajstić information content (AvgIpc) is 3.06. The SMILES string of the molecule is CC1(C)Cc2cccc(OCC(=O)NCCCOc3cccc4cccnc34)c2O1. The summed E-state index contributed by atoms with van der Waals surface area (Å²) in [7, 11) is 0. The number of hydrogen-bond acceptors (Lipinski definition) is 5. The summed E-state index contributed by atoms with van der Waals surface area (Å²) >= 11 is 0. The highest BCUT2D eigenvalue weighted by molar-refractivity contribution is 5.84. The van der Waals surface area contributed by atoms with Gasteiger partial charge in [0.05, 0.1) is 6.61 Å². The van der Waals surface area contributed by atoms with Crippen molar-refractivity contribution in [1.29, 1.82) is 0 Å². The van der Waals surface area contributed by atoms with E-state index >= 15 is 0 Å². The molecule has 6 nitrogen and oxygen atoms in total. The molecule has 30 heavy (non-hydrogen) atoms. The number of rotatable bonds is 8. The molecule has 0 atom stereocenters. The van der Waals surface area contributed by atoms with Gasteiger partial charge in [-0.15, -0.1) is 0 Å². The predicted molar refractivity (Wildman–Crippen MR) is 115 cm³/mol. The topological polar surface area (TPSA) is 69.7 Å². The van der Waals surface area contributed by atoms with Gasteiger partial charge in [0.1, 0.15) is 16.9 Å². The Morgan fingerprint density at radius 3 is 2.80 bits per heavy atom. The van der Waals surface area contributed by atoms with Crippen LogP contribution in [-0.2, 0) is 11.2 Å². The van der Waals surface area contributed by atoms with E-state index in [1.165, 1.54) is 0 Å². The number of nitrogens with zero attached hydrogens (tertiary/aromatic N) is 1. The van der Waals surface area contributed by atoms with Crippen molar-refractivity contribution in [3.63, 3.8) is 0 Å². The molecule has 1 amide bonds. The fraction of sp³-hybridized carbons (Fsp3) is 0.333. The van der Waals surface area contributed by atoms with Gasteiger partial charge in [0.2, 0.25) is 0 Å². The summed E-state index contributed by atoms with van der Waals surface area (Å²) in [6.45, 7) is 5.04. The second-order valence-electron chi connectivity index (χ2n) is 7.95. The second kappa shape index (κ2) is 8.61. The molecule has 6 heteroatoms. The molecule has 0 fully saturated rings. The number of pyridine rings is 1. The summed E-state index contributed by atoms with van der Waals surface area (Å²) in [5.74, 6) is 1.94. The van der Waals surface area contributed by atoms with Crippen LogP contribution in [0.2, 0.25) is 0 Å². The van der Waals surface area contributed by atoms with Crippen LogP contribution in [0.4, 0.5) is 0 Å². The number of fused-ring (bicyclic) bond motifs is 2. The summed E-state index contributed by atoms with van der Waals surface area (Å²) < 4.78 is 17.5. The first kappa shape index (κ1) is 20.0. The van der Waals surface area contributed by atoms with Crippen LogP contribution in [0.1, 0.15) is 25.8 Å². The minimum Gasteiger partial charge on any atom is -0.491 e. The van der Waals surface area contributed by atoms with E-state index in [2.05, 4.69) is 10.3 Å². The van der Waals surface area contributed by atoms with Crippen molar-refractivity contribution in [2.24, 2.45) is 0 Å². The van der Waals surface area contributed by atoms with Crippen LogP contribution in [0.3, 0.4) is 0 Å². The van der Waals surface area contributed by atoms with Gasteiger partial charge in [-0.1, -0.05) is 30.3 Å². The number of carbonyl (C=O) groups is 1. The van der Waals surface area contributed by atoms with E-state index in [4.69, 9.17) is 14.2 Å². The zero-order chi connectivity index (χ0) is 21.0. The number of ether oxygens (including phenoxy) is 3. The zero-order valence-corrected chi connectivity index (χ0v) is 17.3. The van der Waals surface area contributed by atoms with Crippen LogP contribution in [0, 0.1) is 0 Å². The average molecular weight is 406 g/mol. The van der Waals surface area contributed by atoms with Crippen molar-refractivity contribution in [3.8, 4) is 17.2 Å². The molecule has 1 aromatic heterocycles. The molecule has 1 N–H and O–H groups in total. The third kappa shape index (κ3) is 4.64. The minimum atomic E-state index is -0.246. The summed E-state index contributed by atoms with van der Waals surface area (Å²) in [6, 6.07) is 15.6. The van der Waals surface area contributed by atoms with E-state index in [0.717, 1.165) is 34.4 Å². The fourth-order valence-electron chi connectivity index (χ4n) is 3.57. The van der Waals surface area contributed by atoms with Crippen molar-refractivity contribution in [2.75, 3.05) is 19.8 Å². The molecule has 2 aromatic carbocycles. The monoisotopic (exact) mass is 406 g/mol. The molecule has 1 aliphatic rings. The number of hydrogen-bond donors (Lipinski definition) is 1. The van der Waals surface area contributed by atoms with Gasteiger partial charge >= 0.3 is 0 Å². The van der Waals surface area contributed by atoms with E-state index < -0.39 is 0 Å². The largest absolute Gasteiger partial charge is 0.491 e. The summed E-state index contributed by atoms with van der Waals surface area (Å²) in [6.07, 6.45) is 3.27. The Hall–Kier alpha value is -3.28. The van der Waals surface area contributed by atoms with Gasteiger partial charge in [0.25, 0.3) is 5.91 Å². The van der Waals surface area contributed by atoms with Gasteiger partial charge in [-0.05, 0) is 38.5 Å². The molecule has 0 aliphatic carbocycles. The van der Waals surface area contributed by atoms with Crippen LogP contribution in [0.5, 0.6) is 17.2 Å². The van der Waals surface area contributed by atoms with Crippen LogP contribution in [0.25, 0.3) is 10.9 Å². The molecule has 0 saturated carbocycles. The van der Waals surface area contributed by atoms with Crippen molar-refractivity contribution in [3.05, 3.63) is 60.3 Å². The fourth-order valence-corrected chi connectivity index (χ4v) is 3.57. The summed E-state index contributed by atoms with van der Waals surface area (Å²) in [4.78, 5) is 16.5. The highest BCUT2D eigenvalue weighted by Crippen LogP contribution is 2.41. The van der Waals surface area contributed by atoms with Gasteiger partial charge in [0, 0.05) is 30.1 Å². The lowest BCUT2D eigenvalue weighted by Crippen LogP contribution is -2.30. The predicted octanol–water partition coefficient (Wildman–Crippen LogP) is 3.91. The minimum absolute atomic E-state index is 0.0473. The van der Waals surface area contributed by atoms with Gasteiger partial charge in [-0.3, -0.25) is 9.78 Å². The highest BCUT2D eigenvalue weighted by atomic mass is 16.5. The molecule has 4 rings (SSSR count). The third-order valence-corrected chi connectivity index (χ3v) is 4.91. The number of amides is 1. The first-order chi connectivity index (χ1) is 14.5. The number of nitrogens with one attached hydrogen (secondary N) is 1. The van der Waals surface area contributed by atoms with Crippen molar-refractivity contribution in [2.45, 2.75) is 32.3 Å². The van der Waals surface area contributed by atoms with E-state index in [9.17, 15) is 4.79 Å². The molecule has 0 spiro atoms. The molecular weight excluding hydrogens is 380 g/mol. The number of benzene rings is 2. The molecule has 0 unspecified atom stereocenters. The maximum Gasteiger partial charge on any atom is 0.257 e. The molecule has 156 valence electrons. The normalized spacial score (nSPS) is 14.1. The first-order valence-corrected chi connectivity index (χ1v) is 10.2. The summed E-state index contributed by atoms with van der Waals surface area (Å²) in [5, 5.41) is 3.90. The van der Waals surface area contributed by atoms with Crippen LogP contribution >= 0.6 is 0 Å². The Balaban J connectivity index is 1.20. The quantitative estimate of drug-likeness (QED) is 0.575. The number of para-hydroxylation sites is 2. The Morgan fingerprint density at radius 2 is 1.90 bits per heavy atom. The molecule has 0 radical (unpaired) electrons. The lowest BCUT2D eigenvalue weighted by molar-refractivity contribution is -0.123. The molecule has 2 heterocycles. The maximum atomic E-state index is 12.1. The Bertz CT molecular complexity index is 1040. The van der Waals surface area contributed by atoms with Gasteiger partial charge in [0.15, 0.2) is 18.1 Å². The Labute approximate surface area is 176 Å². The number of aromatic nitrogens is 1. The molecule has 3 aromatic rings. The molecule has 0 bridgehead atoms. The smallest absolute Gasteiger partial charge is 0.257 e. The zero-order valence-electron chi connectivity index (χ0n) is 17.3. The molecule has 0 saturated heterocycles. The van der Waals surface area contributed by atoms with Gasteiger partial charge in [-0.25, -0.2) is 0 Å². The van der Waals surface area contributed by atoms with Crippen molar-refractivity contribution in [1.82, 2.24) is 10.3 Å². The van der Waals surface area contributed by atoms with Gasteiger partial charge in [-0.2, -0.15) is 0 Å². The van der Waals surface area contributed by atoms with Crippen LogP contribution < -0.4 is 19.5 Å². The standard InChI is InChI=1S/C24H26N2O4/c1-24(2)15-18-8-4-11-20(23(18)30-24)29-16-21(27)25-13-6-14-28-19-10-3-7-17-9-5-12-26-22(17)19/h3-5,7-12H,6,13-16H2,1-2H3,(H,25,27). The van der Waals surface area contributed by atoms with E-state index in [1.807, 2.05) is 62.4 Å². The molecular formula is C24H26N2O4. The van der Waals surface area contributed by atoms with Crippen molar-refractivity contribution < 1.29 is 19.0 Å². The lowest BCUT2D eigenvalue weighted by atomic mass is 10.0. The van der Waals surface area contributed by atoms with E-state index in [-0.39, 0.29) is 18.1 Å². The Morgan fingerprint density at radius 1 is 1.10 bits per heavy atom. The van der Waals surface area contributed by atoms with Crippen molar-refractivity contribution >= 4 is 16.8 Å². The second-order valence-corrected chi connectivity index (χ2v) is 7.95. The number of carbonyl (C=O) groups excluding carboxylic acids is 1. The maximum absolute atomic E-state index is 12.1. The third-order valence-electron chi connectivity index (χ3n) is 4.91. The van der Waals surface area contributed by atoms with E-state index in [1.54, 1.807) is 6.20 Å². The van der Waals surface area contributed by atoms with E-state index in [0.29, 0.717) is 25.3 Å². The summed E-state index contributed by atoms with van der Waals surface area (Å²) in [5.41, 5.74) is 1.71. The molecule has 1 aliphatic heterocycles. The van der Waals surface area contributed by atoms with Gasteiger partial charge < -0.3 is 19.5 Å². The van der Waals surface area contributed by atoms with Crippen LogP contribution in [-0.4, -0.2) is 36.3 Å². The lowest BCUT2D eigenvalue weighted by Gasteiger charge is -2.18. The highest BCUT2D eigenvalue weighted by Gasteiger charge is 2.32.